The van der Waals surface area contributed by atoms with Crippen LogP contribution in [0, 0.1) is 5.92 Å². The number of piperidine rings is 1. The van der Waals surface area contributed by atoms with Gasteiger partial charge in [-0.3, -0.25) is 9.59 Å². The van der Waals surface area contributed by atoms with E-state index in [2.05, 4.69) is 4.90 Å². The molecule has 4 rings (SSSR count). The Morgan fingerprint density at radius 2 is 1.58 bits per heavy atom. The van der Waals surface area contributed by atoms with Gasteiger partial charge in [0.05, 0.1) is 16.0 Å². The van der Waals surface area contributed by atoms with Gasteiger partial charge in [-0.15, -0.1) is 0 Å². The Bertz CT molecular complexity index is 959. The van der Waals surface area contributed by atoms with E-state index in [-0.39, 0.29) is 23.5 Å². The molecule has 0 aromatic heterocycles. The van der Waals surface area contributed by atoms with Crippen LogP contribution in [0.1, 0.15) is 23.2 Å². The van der Waals surface area contributed by atoms with Gasteiger partial charge in [-0.2, -0.15) is 0 Å². The van der Waals surface area contributed by atoms with E-state index in [4.69, 9.17) is 23.2 Å². The molecule has 1 unspecified atom stereocenters. The predicted molar refractivity (Wildman–Crippen MR) is 122 cm³/mol. The summed E-state index contributed by atoms with van der Waals surface area (Å²) in [5.41, 5.74) is 1.53. The summed E-state index contributed by atoms with van der Waals surface area (Å²) < 4.78 is 0. The van der Waals surface area contributed by atoms with Crippen LogP contribution < -0.4 is 4.90 Å². The van der Waals surface area contributed by atoms with Crippen molar-refractivity contribution in [2.75, 3.05) is 44.2 Å². The van der Waals surface area contributed by atoms with Crippen LogP contribution in [0.3, 0.4) is 0 Å². The highest BCUT2D eigenvalue weighted by atomic mass is 35.5. The van der Waals surface area contributed by atoms with Crippen molar-refractivity contribution < 1.29 is 14.7 Å². The minimum absolute atomic E-state index is 0.117. The summed E-state index contributed by atoms with van der Waals surface area (Å²) in [5, 5.41) is 10.2. The second-order valence-electron chi connectivity index (χ2n) is 8.05. The largest absolute Gasteiger partial charge is 0.508 e. The number of halogens is 2. The number of carbonyl (C=O) groups excluding carboxylic acids is 2. The molecule has 0 saturated carbocycles. The molecule has 8 heteroatoms. The highest BCUT2D eigenvalue weighted by Crippen LogP contribution is 2.26. The summed E-state index contributed by atoms with van der Waals surface area (Å²) in [7, 11) is 0. The van der Waals surface area contributed by atoms with E-state index in [9.17, 15) is 14.7 Å². The third-order valence-electron chi connectivity index (χ3n) is 6.03. The smallest absolute Gasteiger partial charge is 0.253 e. The standard InChI is InChI=1S/C23H25Cl2N3O3/c24-20-8-3-16(14-21(20)25)22(30)28-9-1-2-17(15-28)23(31)27-12-10-26(11-13-27)18-4-6-19(29)7-5-18/h3-8,14,17,29H,1-2,9-13,15H2. The zero-order chi connectivity index (χ0) is 22.0. The lowest BCUT2D eigenvalue weighted by Crippen LogP contribution is -2.53. The van der Waals surface area contributed by atoms with Crippen molar-refractivity contribution in [1.29, 1.82) is 0 Å². The molecule has 2 heterocycles. The maximum atomic E-state index is 13.1. The van der Waals surface area contributed by atoms with Crippen LogP contribution in [0.15, 0.2) is 42.5 Å². The van der Waals surface area contributed by atoms with Crippen molar-refractivity contribution in [1.82, 2.24) is 9.80 Å². The fourth-order valence-electron chi connectivity index (χ4n) is 4.28. The summed E-state index contributed by atoms with van der Waals surface area (Å²) in [6.07, 6.45) is 1.60. The molecule has 2 aromatic carbocycles. The number of hydrogen-bond acceptors (Lipinski definition) is 4. The van der Waals surface area contributed by atoms with Gasteiger partial charge in [0.2, 0.25) is 5.91 Å². The predicted octanol–water partition coefficient (Wildman–Crippen LogP) is 3.90. The number of anilines is 1. The number of piperazine rings is 1. The number of carbonyl (C=O) groups is 2. The number of aromatic hydroxyl groups is 1. The van der Waals surface area contributed by atoms with Crippen molar-refractivity contribution >= 4 is 40.7 Å². The molecule has 2 amide bonds. The number of phenolic OH excluding ortho intramolecular Hbond substituents is 1. The molecule has 31 heavy (non-hydrogen) atoms. The van der Waals surface area contributed by atoms with Gasteiger partial charge in [0.1, 0.15) is 5.75 Å². The molecule has 2 aromatic rings. The van der Waals surface area contributed by atoms with Gasteiger partial charge in [0.25, 0.3) is 5.91 Å². The first-order chi connectivity index (χ1) is 14.9. The SMILES string of the molecule is O=C(c1ccc(Cl)c(Cl)c1)N1CCCC(C(=O)N2CCN(c3ccc(O)cc3)CC2)C1. The molecule has 2 aliphatic rings. The maximum absolute atomic E-state index is 13.1. The summed E-state index contributed by atoms with van der Waals surface area (Å²) in [6, 6.07) is 12.0. The summed E-state index contributed by atoms with van der Waals surface area (Å²) >= 11 is 12.0. The molecule has 0 radical (unpaired) electrons. The first-order valence-electron chi connectivity index (χ1n) is 10.5. The van der Waals surface area contributed by atoms with Gasteiger partial charge in [0, 0.05) is 50.5 Å². The van der Waals surface area contributed by atoms with Crippen LogP contribution in [-0.2, 0) is 4.79 Å². The van der Waals surface area contributed by atoms with Gasteiger partial charge in [-0.05, 0) is 55.3 Å². The molecule has 0 spiro atoms. The highest BCUT2D eigenvalue weighted by Gasteiger charge is 2.33. The van der Waals surface area contributed by atoms with E-state index < -0.39 is 0 Å². The molecule has 1 atom stereocenters. The molecular weight excluding hydrogens is 437 g/mol. The minimum atomic E-state index is -0.180. The van der Waals surface area contributed by atoms with Gasteiger partial charge in [-0.1, -0.05) is 23.2 Å². The second kappa shape index (κ2) is 9.37. The van der Waals surface area contributed by atoms with Crippen LogP contribution in [0.25, 0.3) is 0 Å². The van der Waals surface area contributed by atoms with Gasteiger partial charge >= 0.3 is 0 Å². The average Bonchev–Trinajstić information content (AvgIpc) is 2.80. The number of benzene rings is 2. The van der Waals surface area contributed by atoms with Crippen LogP contribution in [0.2, 0.25) is 10.0 Å². The topological polar surface area (TPSA) is 64.1 Å². The van der Waals surface area contributed by atoms with Crippen molar-refractivity contribution in [3.63, 3.8) is 0 Å². The molecule has 2 saturated heterocycles. The molecule has 164 valence electrons. The molecule has 2 aliphatic heterocycles. The van der Waals surface area contributed by atoms with Crippen LogP contribution in [0.5, 0.6) is 5.75 Å². The van der Waals surface area contributed by atoms with E-state index in [1.807, 2.05) is 17.0 Å². The maximum Gasteiger partial charge on any atom is 0.253 e. The lowest BCUT2D eigenvalue weighted by atomic mass is 9.95. The van der Waals surface area contributed by atoms with E-state index in [0.29, 0.717) is 41.8 Å². The Balaban J connectivity index is 1.35. The van der Waals surface area contributed by atoms with E-state index in [0.717, 1.165) is 31.6 Å². The van der Waals surface area contributed by atoms with Gasteiger partial charge in [0.15, 0.2) is 0 Å². The third kappa shape index (κ3) is 4.91. The number of hydrogen-bond donors (Lipinski definition) is 1. The van der Waals surface area contributed by atoms with Crippen molar-refractivity contribution in [3.05, 3.63) is 58.1 Å². The zero-order valence-electron chi connectivity index (χ0n) is 17.1. The van der Waals surface area contributed by atoms with Crippen molar-refractivity contribution in [2.45, 2.75) is 12.8 Å². The van der Waals surface area contributed by atoms with E-state index in [1.54, 1.807) is 35.2 Å². The first-order valence-corrected chi connectivity index (χ1v) is 11.2. The summed E-state index contributed by atoms with van der Waals surface area (Å²) in [4.78, 5) is 31.9. The monoisotopic (exact) mass is 461 g/mol. The molecule has 1 N–H and O–H groups in total. The molecule has 0 aliphatic carbocycles. The van der Waals surface area contributed by atoms with Crippen LogP contribution in [-0.4, -0.2) is 66.0 Å². The molecule has 0 bridgehead atoms. The van der Waals surface area contributed by atoms with Crippen LogP contribution in [0.4, 0.5) is 5.69 Å². The Kier molecular flexibility index (Phi) is 6.58. The van der Waals surface area contributed by atoms with E-state index >= 15 is 0 Å². The number of amides is 2. The Hall–Kier alpha value is -2.44. The van der Waals surface area contributed by atoms with Crippen molar-refractivity contribution in [3.8, 4) is 5.75 Å². The Morgan fingerprint density at radius 3 is 2.26 bits per heavy atom. The van der Waals surface area contributed by atoms with Gasteiger partial charge in [-0.25, -0.2) is 0 Å². The Morgan fingerprint density at radius 1 is 0.871 bits per heavy atom. The number of nitrogens with zero attached hydrogens (tertiary/aromatic N) is 3. The normalized spacial score (nSPS) is 19.4. The molecular formula is C23H25Cl2N3O3. The van der Waals surface area contributed by atoms with Crippen LogP contribution >= 0.6 is 23.2 Å². The lowest BCUT2D eigenvalue weighted by molar-refractivity contribution is -0.137. The molecule has 2 fully saturated rings. The fourth-order valence-corrected chi connectivity index (χ4v) is 4.58. The number of phenols is 1. The van der Waals surface area contributed by atoms with Crippen molar-refractivity contribution in [2.24, 2.45) is 5.92 Å². The highest BCUT2D eigenvalue weighted by molar-refractivity contribution is 6.42. The summed E-state index contributed by atoms with van der Waals surface area (Å²) in [6.45, 7) is 3.85. The third-order valence-corrected chi connectivity index (χ3v) is 6.77. The molecule has 6 nitrogen and oxygen atoms in total. The fraction of sp³-hybridized carbons (Fsp3) is 0.391. The average molecular weight is 462 g/mol. The van der Waals surface area contributed by atoms with E-state index in [1.165, 1.54) is 0 Å². The van der Waals surface area contributed by atoms with Gasteiger partial charge < -0.3 is 19.8 Å². The Labute approximate surface area is 191 Å². The lowest BCUT2D eigenvalue weighted by Gasteiger charge is -2.39. The number of rotatable bonds is 3. The first kappa shape index (κ1) is 21.8. The quantitative estimate of drug-likeness (QED) is 0.752. The second-order valence-corrected chi connectivity index (χ2v) is 8.86. The zero-order valence-corrected chi connectivity index (χ0v) is 18.6. The summed E-state index contributed by atoms with van der Waals surface area (Å²) in [5.74, 6) is 0.0701. The number of likely N-dealkylation sites (tertiary alicyclic amines) is 1. The minimum Gasteiger partial charge on any atom is -0.508 e.